The van der Waals surface area contributed by atoms with Crippen LogP contribution in [0.15, 0.2) is 0 Å². The van der Waals surface area contributed by atoms with Crippen molar-refractivity contribution in [3.63, 3.8) is 0 Å². The van der Waals surface area contributed by atoms with Gasteiger partial charge in [-0.05, 0) is 12.8 Å². The smallest absolute Gasteiger partial charge is 0.183 e. The third kappa shape index (κ3) is 2.75. The number of rotatable bonds is 4. The van der Waals surface area contributed by atoms with Crippen LogP contribution in [-0.2, 0) is 9.47 Å². The van der Waals surface area contributed by atoms with Crippen LogP contribution >= 0.6 is 0 Å². The second kappa shape index (κ2) is 4.66. The lowest BCUT2D eigenvalue weighted by Gasteiger charge is -2.15. The van der Waals surface area contributed by atoms with Gasteiger partial charge in [-0.2, -0.15) is 0 Å². The molecule has 1 aliphatic heterocycles. The van der Waals surface area contributed by atoms with E-state index in [1.165, 1.54) is 0 Å². The number of aliphatic hydroxyl groups excluding tert-OH is 2. The van der Waals surface area contributed by atoms with Crippen LogP contribution in [0.1, 0.15) is 12.8 Å². The first-order valence-corrected chi connectivity index (χ1v) is 3.86. The Hall–Kier alpha value is -0.160. The molecule has 1 atom stereocenters. The van der Waals surface area contributed by atoms with Gasteiger partial charge in [-0.3, -0.25) is 0 Å². The lowest BCUT2D eigenvalue weighted by molar-refractivity contribution is -0.123. The maximum absolute atomic E-state index is 9.32. The molecule has 0 aromatic rings. The molecule has 0 aromatic heterocycles. The van der Waals surface area contributed by atoms with E-state index in [0.29, 0.717) is 26.1 Å². The summed E-state index contributed by atoms with van der Waals surface area (Å²) in [5.41, 5.74) is 0. The van der Waals surface area contributed by atoms with E-state index in [4.69, 9.17) is 14.6 Å². The van der Waals surface area contributed by atoms with Crippen molar-refractivity contribution in [1.82, 2.24) is 0 Å². The molecule has 66 valence electrons. The Balaban J connectivity index is 2.12. The van der Waals surface area contributed by atoms with Gasteiger partial charge >= 0.3 is 0 Å². The van der Waals surface area contributed by atoms with E-state index in [1.54, 1.807) is 0 Å². The molecule has 4 nitrogen and oxygen atoms in total. The van der Waals surface area contributed by atoms with Gasteiger partial charge in [0.1, 0.15) is 6.10 Å². The minimum Gasteiger partial charge on any atom is -0.396 e. The highest BCUT2D eigenvalue weighted by molar-refractivity contribution is 4.63. The van der Waals surface area contributed by atoms with Crippen molar-refractivity contribution < 1.29 is 19.7 Å². The van der Waals surface area contributed by atoms with Crippen LogP contribution in [0, 0.1) is 0 Å². The first kappa shape index (κ1) is 8.93. The molecule has 0 bridgehead atoms. The van der Waals surface area contributed by atoms with Gasteiger partial charge in [0.15, 0.2) is 6.29 Å². The third-order valence-corrected chi connectivity index (χ3v) is 1.62. The first-order chi connectivity index (χ1) is 5.34. The molecule has 0 radical (unpaired) electrons. The highest BCUT2D eigenvalue weighted by Gasteiger charge is 2.23. The van der Waals surface area contributed by atoms with E-state index in [0.717, 1.165) is 0 Å². The van der Waals surface area contributed by atoms with Crippen molar-refractivity contribution in [2.75, 3.05) is 19.8 Å². The van der Waals surface area contributed by atoms with Crippen LogP contribution < -0.4 is 0 Å². The molecule has 0 aromatic carbocycles. The highest BCUT2D eigenvalue weighted by atomic mass is 16.7. The van der Waals surface area contributed by atoms with Crippen LogP contribution in [0.2, 0.25) is 0 Å². The zero-order chi connectivity index (χ0) is 8.10. The van der Waals surface area contributed by atoms with Crippen LogP contribution in [0.3, 0.4) is 0 Å². The molecule has 1 fully saturated rings. The molecule has 2 N–H and O–H groups in total. The van der Waals surface area contributed by atoms with Crippen molar-refractivity contribution in [2.45, 2.75) is 25.2 Å². The van der Waals surface area contributed by atoms with Gasteiger partial charge in [0.05, 0.1) is 13.2 Å². The Kier molecular flexibility index (Phi) is 3.79. The van der Waals surface area contributed by atoms with Gasteiger partial charge in [0, 0.05) is 6.61 Å². The summed E-state index contributed by atoms with van der Waals surface area (Å²) < 4.78 is 10.1. The molecule has 1 aliphatic rings. The maximum Gasteiger partial charge on any atom is 0.183 e. The second-order valence-electron chi connectivity index (χ2n) is 2.54. The van der Waals surface area contributed by atoms with Crippen LogP contribution in [0.25, 0.3) is 0 Å². The molecular formula is C7H14O4. The molecule has 1 rings (SSSR count). The van der Waals surface area contributed by atoms with E-state index in [9.17, 15) is 5.11 Å². The fraction of sp³-hybridized carbons (Fsp3) is 1.00. The third-order valence-electron chi connectivity index (χ3n) is 1.62. The normalized spacial score (nSPS) is 22.4. The van der Waals surface area contributed by atoms with E-state index in [-0.39, 0.29) is 6.61 Å². The average molecular weight is 162 g/mol. The number of hydrogen-bond donors (Lipinski definition) is 2. The molecule has 0 aliphatic carbocycles. The second-order valence-corrected chi connectivity index (χ2v) is 2.54. The van der Waals surface area contributed by atoms with Gasteiger partial charge in [-0.1, -0.05) is 0 Å². The average Bonchev–Trinajstić information content (AvgIpc) is 2.52. The minimum atomic E-state index is -0.593. The Morgan fingerprint density at radius 2 is 2.00 bits per heavy atom. The van der Waals surface area contributed by atoms with Gasteiger partial charge in [-0.15, -0.1) is 0 Å². The first-order valence-electron chi connectivity index (χ1n) is 3.86. The van der Waals surface area contributed by atoms with Crippen LogP contribution in [-0.4, -0.2) is 42.4 Å². The minimum absolute atomic E-state index is 0.101. The van der Waals surface area contributed by atoms with Gasteiger partial charge in [0.25, 0.3) is 0 Å². The molecule has 1 saturated heterocycles. The van der Waals surface area contributed by atoms with E-state index in [1.807, 2.05) is 0 Å². The Labute approximate surface area is 65.7 Å². The predicted molar refractivity (Wildman–Crippen MR) is 38.0 cm³/mol. The summed E-state index contributed by atoms with van der Waals surface area (Å²) in [4.78, 5) is 0. The van der Waals surface area contributed by atoms with Crippen molar-refractivity contribution in [1.29, 1.82) is 0 Å². The van der Waals surface area contributed by atoms with Crippen molar-refractivity contribution in [3.8, 4) is 0 Å². The lowest BCUT2D eigenvalue weighted by Crippen LogP contribution is -2.26. The SMILES string of the molecule is OCCCC(O)C1OCCO1. The number of ether oxygens (including phenoxy) is 2. The Morgan fingerprint density at radius 3 is 2.55 bits per heavy atom. The molecule has 11 heavy (non-hydrogen) atoms. The molecule has 0 spiro atoms. The topological polar surface area (TPSA) is 58.9 Å². The summed E-state index contributed by atoms with van der Waals surface area (Å²) in [5.74, 6) is 0. The zero-order valence-corrected chi connectivity index (χ0v) is 6.40. The largest absolute Gasteiger partial charge is 0.396 e. The van der Waals surface area contributed by atoms with E-state index in [2.05, 4.69) is 0 Å². The summed E-state index contributed by atoms with van der Waals surface area (Å²) in [6.45, 7) is 1.21. The quantitative estimate of drug-likeness (QED) is 0.584. The van der Waals surface area contributed by atoms with E-state index < -0.39 is 12.4 Å². The number of hydrogen-bond acceptors (Lipinski definition) is 4. The highest BCUT2D eigenvalue weighted by Crippen LogP contribution is 2.12. The molecule has 1 heterocycles. The molecule has 0 amide bonds. The van der Waals surface area contributed by atoms with Crippen molar-refractivity contribution in [2.24, 2.45) is 0 Å². The summed E-state index contributed by atoms with van der Waals surface area (Å²) >= 11 is 0. The fourth-order valence-corrected chi connectivity index (χ4v) is 1.04. The molecule has 4 heteroatoms. The van der Waals surface area contributed by atoms with Gasteiger partial charge in [0.2, 0.25) is 0 Å². The summed E-state index contributed by atoms with van der Waals surface area (Å²) in [6, 6.07) is 0. The lowest BCUT2D eigenvalue weighted by atomic mass is 10.2. The summed E-state index contributed by atoms with van der Waals surface area (Å²) in [7, 11) is 0. The van der Waals surface area contributed by atoms with Crippen LogP contribution in [0.4, 0.5) is 0 Å². The molecular weight excluding hydrogens is 148 g/mol. The Bertz CT molecular complexity index is 101. The maximum atomic E-state index is 9.32. The Morgan fingerprint density at radius 1 is 1.36 bits per heavy atom. The standard InChI is InChI=1S/C7H14O4/c8-3-1-2-6(9)7-10-4-5-11-7/h6-9H,1-5H2. The van der Waals surface area contributed by atoms with E-state index >= 15 is 0 Å². The molecule has 1 unspecified atom stereocenters. The van der Waals surface area contributed by atoms with Gasteiger partial charge < -0.3 is 19.7 Å². The predicted octanol–water partition coefficient (Wildman–Crippen LogP) is -0.507. The summed E-state index contributed by atoms with van der Waals surface area (Å²) in [6.07, 6.45) is 0.0529. The van der Waals surface area contributed by atoms with Gasteiger partial charge in [-0.25, -0.2) is 0 Å². The zero-order valence-electron chi connectivity index (χ0n) is 6.40. The van der Waals surface area contributed by atoms with Crippen molar-refractivity contribution >= 4 is 0 Å². The number of aliphatic hydroxyl groups is 2. The van der Waals surface area contributed by atoms with Crippen LogP contribution in [0.5, 0.6) is 0 Å². The summed E-state index contributed by atoms with van der Waals surface area (Å²) in [5, 5.41) is 17.8. The molecule has 0 saturated carbocycles. The fourth-order valence-electron chi connectivity index (χ4n) is 1.04. The monoisotopic (exact) mass is 162 g/mol. The van der Waals surface area contributed by atoms with Crippen molar-refractivity contribution in [3.05, 3.63) is 0 Å².